The van der Waals surface area contributed by atoms with Crippen molar-refractivity contribution in [2.24, 2.45) is 5.92 Å². The highest BCUT2D eigenvalue weighted by atomic mass is 79.9. The van der Waals surface area contributed by atoms with Crippen molar-refractivity contribution < 1.29 is 24.2 Å². The molecule has 1 heterocycles. The van der Waals surface area contributed by atoms with Gasteiger partial charge in [0.2, 0.25) is 0 Å². The van der Waals surface area contributed by atoms with Crippen LogP contribution in [0.3, 0.4) is 0 Å². The molecular weight excluding hydrogens is 342 g/mol. The number of amides is 1. The van der Waals surface area contributed by atoms with Crippen LogP contribution in [0.2, 0.25) is 0 Å². The molecule has 114 valence electrons. The average molecular weight is 358 g/mol. The Morgan fingerprint density at radius 3 is 2.67 bits per heavy atom. The Morgan fingerprint density at radius 2 is 2.05 bits per heavy atom. The van der Waals surface area contributed by atoms with Crippen molar-refractivity contribution in [3.63, 3.8) is 0 Å². The van der Waals surface area contributed by atoms with Crippen molar-refractivity contribution in [1.82, 2.24) is 5.32 Å². The van der Waals surface area contributed by atoms with E-state index in [-0.39, 0.29) is 19.1 Å². The van der Waals surface area contributed by atoms with Gasteiger partial charge in [-0.2, -0.15) is 0 Å². The zero-order valence-corrected chi connectivity index (χ0v) is 13.0. The number of nitrogens with one attached hydrogen (secondary N) is 1. The lowest BCUT2D eigenvalue weighted by molar-refractivity contribution is -0.142. The molecule has 1 aliphatic rings. The number of rotatable bonds is 5. The van der Waals surface area contributed by atoms with Gasteiger partial charge < -0.3 is 19.9 Å². The molecule has 2 rings (SSSR count). The number of hydrogen-bond acceptors (Lipinski definition) is 4. The topological polar surface area (TPSA) is 84.9 Å². The van der Waals surface area contributed by atoms with Crippen molar-refractivity contribution in [1.29, 1.82) is 0 Å². The molecule has 1 amide bonds. The van der Waals surface area contributed by atoms with Crippen LogP contribution in [0.5, 0.6) is 5.75 Å². The average Bonchev–Trinajstić information content (AvgIpc) is 2.89. The third-order valence-electron chi connectivity index (χ3n) is 3.22. The number of carboxylic acids is 1. The van der Waals surface area contributed by atoms with E-state index in [9.17, 15) is 9.59 Å². The smallest absolute Gasteiger partial charge is 0.311 e. The summed E-state index contributed by atoms with van der Waals surface area (Å²) in [6.45, 7) is 1.93. The second-order valence-corrected chi connectivity index (χ2v) is 5.73. The Bertz CT molecular complexity index is 519. The molecule has 1 aromatic carbocycles. The van der Waals surface area contributed by atoms with E-state index in [0.717, 1.165) is 4.47 Å². The van der Waals surface area contributed by atoms with Gasteiger partial charge >= 0.3 is 5.97 Å². The lowest BCUT2D eigenvalue weighted by atomic mass is 10.0. The zero-order chi connectivity index (χ0) is 15.4. The van der Waals surface area contributed by atoms with E-state index in [0.29, 0.717) is 5.75 Å². The third kappa shape index (κ3) is 4.18. The van der Waals surface area contributed by atoms with Gasteiger partial charge in [-0.05, 0) is 31.2 Å². The van der Waals surface area contributed by atoms with E-state index in [2.05, 4.69) is 21.2 Å². The molecule has 7 heteroatoms. The largest absolute Gasteiger partial charge is 0.481 e. The second kappa shape index (κ2) is 6.91. The number of benzene rings is 1. The predicted molar refractivity (Wildman–Crippen MR) is 78.1 cm³/mol. The molecule has 0 aliphatic carbocycles. The highest BCUT2D eigenvalue weighted by Gasteiger charge is 2.35. The van der Waals surface area contributed by atoms with E-state index in [4.69, 9.17) is 14.6 Å². The van der Waals surface area contributed by atoms with Crippen molar-refractivity contribution >= 4 is 27.8 Å². The van der Waals surface area contributed by atoms with Crippen molar-refractivity contribution in [3.8, 4) is 5.75 Å². The predicted octanol–water partition coefficient (Wildman–Crippen LogP) is 1.43. The van der Waals surface area contributed by atoms with Crippen LogP contribution in [-0.4, -0.2) is 42.3 Å². The van der Waals surface area contributed by atoms with Gasteiger partial charge in [-0.1, -0.05) is 15.9 Å². The Labute approximate surface area is 130 Å². The summed E-state index contributed by atoms with van der Waals surface area (Å²) in [7, 11) is 0. The van der Waals surface area contributed by atoms with E-state index < -0.39 is 24.0 Å². The molecule has 0 bridgehead atoms. The molecule has 0 aromatic heterocycles. The maximum absolute atomic E-state index is 12.0. The molecule has 1 aliphatic heterocycles. The molecule has 2 N–H and O–H groups in total. The van der Waals surface area contributed by atoms with Crippen LogP contribution in [0.1, 0.15) is 6.92 Å². The summed E-state index contributed by atoms with van der Waals surface area (Å²) in [4.78, 5) is 23.1. The molecular formula is C14H16BrNO5. The van der Waals surface area contributed by atoms with Crippen LogP contribution >= 0.6 is 15.9 Å². The lowest BCUT2D eigenvalue weighted by Gasteiger charge is -2.19. The van der Waals surface area contributed by atoms with Crippen LogP contribution in [-0.2, 0) is 14.3 Å². The van der Waals surface area contributed by atoms with Crippen molar-refractivity contribution in [3.05, 3.63) is 28.7 Å². The Morgan fingerprint density at radius 1 is 1.38 bits per heavy atom. The number of aliphatic carboxylic acids is 1. The summed E-state index contributed by atoms with van der Waals surface area (Å²) >= 11 is 3.31. The molecule has 1 fully saturated rings. The third-order valence-corrected chi connectivity index (χ3v) is 3.75. The first-order chi connectivity index (χ1) is 9.97. The molecule has 0 spiro atoms. The molecule has 21 heavy (non-hydrogen) atoms. The van der Waals surface area contributed by atoms with E-state index in [1.807, 2.05) is 12.1 Å². The fraction of sp³-hybridized carbons (Fsp3) is 0.429. The number of carboxylic acid groups (broad SMARTS) is 1. The second-order valence-electron chi connectivity index (χ2n) is 4.81. The number of hydrogen-bond donors (Lipinski definition) is 2. The highest BCUT2D eigenvalue weighted by molar-refractivity contribution is 9.10. The van der Waals surface area contributed by atoms with Gasteiger partial charge in [-0.3, -0.25) is 9.59 Å². The summed E-state index contributed by atoms with van der Waals surface area (Å²) in [5.74, 6) is -1.48. The number of carbonyl (C=O) groups is 2. The van der Waals surface area contributed by atoms with Crippen LogP contribution in [0, 0.1) is 5.92 Å². The van der Waals surface area contributed by atoms with Crippen molar-refractivity contribution in [2.45, 2.75) is 19.1 Å². The van der Waals surface area contributed by atoms with Gasteiger partial charge in [0.05, 0.1) is 19.3 Å². The Balaban J connectivity index is 1.90. The Hall–Kier alpha value is -1.60. The van der Waals surface area contributed by atoms with Crippen molar-refractivity contribution in [2.75, 3.05) is 13.2 Å². The SMILES string of the molecule is CC(Oc1ccc(Br)cc1)C(=O)NC1COCC1C(=O)O. The number of halogens is 1. The maximum Gasteiger partial charge on any atom is 0.311 e. The minimum atomic E-state index is -0.973. The van der Waals surface area contributed by atoms with Crippen LogP contribution in [0.4, 0.5) is 0 Å². The first-order valence-electron chi connectivity index (χ1n) is 6.50. The zero-order valence-electron chi connectivity index (χ0n) is 11.4. The standard InChI is InChI=1S/C14H16BrNO5/c1-8(21-10-4-2-9(15)3-5-10)13(17)16-12-7-20-6-11(12)14(18)19/h2-5,8,11-12H,6-7H2,1H3,(H,16,17)(H,18,19). The first-order valence-corrected chi connectivity index (χ1v) is 7.30. The van der Waals surface area contributed by atoms with Crippen LogP contribution < -0.4 is 10.1 Å². The maximum atomic E-state index is 12.0. The molecule has 6 nitrogen and oxygen atoms in total. The quantitative estimate of drug-likeness (QED) is 0.832. The summed E-state index contributed by atoms with van der Waals surface area (Å²) in [5, 5.41) is 11.7. The Kier molecular flexibility index (Phi) is 5.19. The monoisotopic (exact) mass is 357 g/mol. The molecule has 0 saturated carbocycles. The van der Waals surface area contributed by atoms with Gasteiger partial charge in [-0.15, -0.1) is 0 Å². The summed E-state index contributed by atoms with van der Waals surface area (Å²) < 4.78 is 11.5. The summed E-state index contributed by atoms with van der Waals surface area (Å²) in [5.41, 5.74) is 0. The summed E-state index contributed by atoms with van der Waals surface area (Å²) in [6, 6.07) is 6.58. The lowest BCUT2D eigenvalue weighted by Crippen LogP contribution is -2.47. The number of carbonyl (C=O) groups excluding carboxylic acids is 1. The van der Waals surface area contributed by atoms with Gasteiger partial charge in [0.15, 0.2) is 6.10 Å². The van der Waals surface area contributed by atoms with E-state index in [1.54, 1.807) is 19.1 Å². The minimum Gasteiger partial charge on any atom is -0.481 e. The van der Waals surface area contributed by atoms with Gasteiger partial charge in [0.1, 0.15) is 11.7 Å². The molecule has 1 aromatic rings. The van der Waals surface area contributed by atoms with Gasteiger partial charge in [0, 0.05) is 4.47 Å². The van der Waals surface area contributed by atoms with Crippen LogP contribution in [0.25, 0.3) is 0 Å². The normalized spacial score (nSPS) is 22.6. The fourth-order valence-corrected chi connectivity index (χ4v) is 2.28. The highest BCUT2D eigenvalue weighted by Crippen LogP contribution is 2.18. The molecule has 3 atom stereocenters. The molecule has 3 unspecified atom stereocenters. The van der Waals surface area contributed by atoms with E-state index >= 15 is 0 Å². The van der Waals surface area contributed by atoms with Crippen LogP contribution in [0.15, 0.2) is 28.7 Å². The van der Waals surface area contributed by atoms with Gasteiger partial charge in [0.25, 0.3) is 5.91 Å². The number of ether oxygens (including phenoxy) is 2. The van der Waals surface area contributed by atoms with Gasteiger partial charge in [-0.25, -0.2) is 0 Å². The fourth-order valence-electron chi connectivity index (χ4n) is 2.01. The first kappa shape index (κ1) is 15.8. The molecule has 0 radical (unpaired) electrons. The minimum absolute atomic E-state index is 0.113. The van der Waals surface area contributed by atoms with E-state index in [1.165, 1.54) is 0 Å². The summed E-state index contributed by atoms with van der Waals surface area (Å²) in [6.07, 6.45) is -0.721. The molecule has 1 saturated heterocycles.